The molecule has 1 heterocycles. The van der Waals surface area contributed by atoms with Gasteiger partial charge < -0.3 is 4.74 Å². The van der Waals surface area contributed by atoms with Crippen molar-refractivity contribution in [3.05, 3.63) is 24.3 Å². The molecule has 1 aliphatic heterocycles. The van der Waals surface area contributed by atoms with Crippen LogP contribution in [-0.2, 0) is 4.79 Å². The predicted molar refractivity (Wildman–Crippen MR) is 57.7 cm³/mol. The lowest BCUT2D eigenvalue weighted by molar-refractivity contribution is -0.125. The van der Waals surface area contributed by atoms with Gasteiger partial charge in [-0.15, -0.1) is 6.42 Å². The summed E-state index contributed by atoms with van der Waals surface area (Å²) >= 11 is 0. The summed E-state index contributed by atoms with van der Waals surface area (Å²) in [5, 5.41) is 0. The molecule has 2 rings (SSSR count). The third-order valence-electron chi connectivity index (χ3n) is 2.32. The molecule has 0 spiro atoms. The van der Waals surface area contributed by atoms with Gasteiger partial charge in [-0.2, -0.15) is 0 Å². The van der Waals surface area contributed by atoms with E-state index in [9.17, 15) is 4.79 Å². The van der Waals surface area contributed by atoms with Crippen LogP contribution in [0.15, 0.2) is 24.3 Å². The number of carbonyl (C=O) groups is 1. The first-order chi connectivity index (χ1) is 7.24. The van der Waals surface area contributed by atoms with Gasteiger partial charge in [0.25, 0.3) is 5.91 Å². The van der Waals surface area contributed by atoms with E-state index < -0.39 is 6.10 Å². The lowest BCUT2D eigenvalue weighted by Crippen LogP contribution is -2.44. The largest absolute Gasteiger partial charge is 0.479 e. The summed E-state index contributed by atoms with van der Waals surface area (Å²) in [6.07, 6.45) is 4.77. The van der Waals surface area contributed by atoms with Crippen LogP contribution < -0.4 is 9.64 Å². The maximum absolute atomic E-state index is 11.8. The second-order valence-corrected chi connectivity index (χ2v) is 3.36. The van der Waals surface area contributed by atoms with E-state index in [1.54, 1.807) is 11.8 Å². The lowest BCUT2D eigenvalue weighted by Gasteiger charge is -2.31. The van der Waals surface area contributed by atoms with Crippen molar-refractivity contribution in [2.75, 3.05) is 11.4 Å². The first-order valence-corrected chi connectivity index (χ1v) is 4.74. The number of hydrogen-bond donors (Lipinski definition) is 0. The lowest BCUT2D eigenvalue weighted by atomic mass is 10.2. The minimum absolute atomic E-state index is 0.0911. The van der Waals surface area contributed by atoms with Crippen molar-refractivity contribution < 1.29 is 9.53 Å². The Morgan fingerprint density at radius 1 is 1.53 bits per heavy atom. The van der Waals surface area contributed by atoms with E-state index in [1.807, 2.05) is 24.3 Å². The molecule has 1 amide bonds. The fourth-order valence-electron chi connectivity index (χ4n) is 1.61. The summed E-state index contributed by atoms with van der Waals surface area (Å²) in [5.74, 6) is 3.10. The van der Waals surface area contributed by atoms with Crippen LogP contribution in [-0.4, -0.2) is 18.6 Å². The van der Waals surface area contributed by atoms with Crippen molar-refractivity contribution in [2.24, 2.45) is 0 Å². The van der Waals surface area contributed by atoms with E-state index in [4.69, 9.17) is 11.2 Å². The van der Waals surface area contributed by atoms with Gasteiger partial charge in [0, 0.05) is 0 Å². The second-order valence-electron chi connectivity index (χ2n) is 3.36. The maximum atomic E-state index is 11.8. The highest BCUT2D eigenvalue weighted by Crippen LogP contribution is 2.33. The molecule has 1 aromatic carbocycles. The van der Waals surface area contributed by atoms with Crippen molar-refractivity contribution in [1.82, 2.24) is 0 Å². The molecule has 1 unspecified atom stereocenters. The fraction of sp³-hybridized carbons (Fsp3) is 0.250. The maximum Gasteiger partial charge on any atom is 0.268 e. The van der Waals surface area contributed by atoms with E-state index in [0.717, 1.165) is 5.69 Å². The quantitative estimate of drug-likeness (QED) is 0.643. The van der Waals surface area contributed by atoms with Crippen LogP contribution >= 0.6 is 0 Å². The Bertz CT molecular complexity index is 433. The predicted octanol–water partition coefficient (Wildman–Crippen LogP) is 1.43. The van der Waals surface area contributed by atoms with E-state index in [0.29, 0.717) is 5.75 Å². The van der Waals surface area contributed by atoms with Crippen LogP contribution in [0.3, 0.4) is 0 Å². The van der Waals surface area contributed by atoms with Crippen LogP contribution in [0, 0.1) is 12.3 Å². The molecule has 0 aliphatic carbocycles. The topological polar surface area (TPSA) is 29.5 Å². The van der Waals surface area contributed by atoms with Gasteiger partial charge in [0.2, 0.25) is 0 Å². The number of fused-ring (bicyclic) bond motifs is 1. The molecule has 0 aromatic heterocycles. The molecule has 0 bridgehead atoms. The number of terminal acetylenes is 1. The minimum atomic E-state index is -0.465. The summed E-state index contributed by atoms with van der Waals surface area (Å²) in [7, 11) is 0. The molecule has 0 fully saturated rings. The van der Waals surface area contributed by atoms with Gasteiger partial charge in [-0.3, -0.25) is 9.69 Å². The van der Waals surface area contributed by atoms with Gasteiger partial charge in [0.15, 0.2) is 6.10 Å². The average molecular weight is 201 g/mol. The van der Waals surface area contributed by atoms with Crippen molar-refractivity contribution >= 4 is 11.6 Å². The molecule has 1 aromatic rings. The molecule has 0 saturated heterocycles. The standard InChI is InChI=1S/C12H11NO2/c1-3-8-13-10-6-4-5-7-11(10)15-9(2)12(13)14/h1,4-7,9H,8H2,2H3. The smallest absolute Gasteiger partial charge is 0.268 e. The molecular formula is C12H11NO2. The molecule has 0 radical (unpaired) electrons. The Kier molecular flexibility index (Phi) is 2.34. The SMILES string of the molecule is C#CCN1C(=O)C(C)Oc2ccccc21. The molecule has 76 valence electrons. The fourth-order valence-corrected chi connectivity index (χ4v) is 1.61. The number of nitrogens with zero attached hydrogens (tertiary/aromatic N) is 1. The number of anilines is 1. The third-order valence-corrected chi connectivity index (χ3v) is 2.32. The number of hydrogen-bond acceptors (Lipinski definition) is 2. The van der Waals surface area contributed by atoms with E-state index in [2.05, 4.69) is 5.92 Å². The van der Waals surface area contributed by atoms with Crippen molar-refractivity contribution in [3.63, 3.8) is 0 Å². The first kappa shape index (κ1) is 9.60. The van der Waals surface area contributed by atoms with Gasteiger partial charge in [-0.1, -0.05) is 18.1 Å². The highest BCUT2D eigenvalue weighted by Gasteiger charge is 2.30. The van der Waals surface area contributed by atoms with Crippen LogP contribution in [0.5, 0.6) is 5.75 Å². The number of ether oxygens (including phenoxy) is 1. The monoisotopic (exact) mass is 201 g/mol. The van der Waals surface area contributed by atoms with E-state index in [-0.39, 0.29) is 12.5 Å². The van der Waals surface area contributed by atoms with Gasteiger partial charge in [0.05, 0.1) is 12.2 Å². The van der Waals surface area contributed by atoms with Crippen molar-refractivity contribution in [1.29, 1.82) is 0 Å². The highest BCUT2D eigenvalue weighted by atomic mass is 16.5. The number of carbonyl (C=O) groups excluding carboxylic acids is 1. The summed E-state index contributed by atoms with van der Waals surface area (Å²) in [5.41, 5.74) is 0.749. The Balaban J connectivity index is 2.45. The van der Waals surface area contributed by atoms with Gasteiger partial charge in [0.1, 0.15) is 5.75 Å². The summed E-state index contributed by atoms with van der Waals surface area (Å²) < 4.78 is 5.46. The summed E-state index contributed by atoms with van der Waals surface area (Å²) in [6.45, 7) is 2.01. The van der Waals surface area contributed by atoms with Gasteiger partial charge >= 0.3 is 0 Å². The Labute approximate surface area is 88.6 Å². The minimum Gasteiger partial charge on any atom is -0.479 e. The molecule has 0 N–H and O–H groups in total. The van der Waals surface area contributed by atoms with Crippen molar-refractivity contribution in [2.45, 2.75) is 13.0 Å². The molecule has 3 heteroatoms. The molecule has 1 aliphatic rings. The molecule has 1 atom stereocenters. The highest BCUT2D eigenvalue weighted by molar-refractivity contribution is 6.00. The van der Waals surface area contributed by atoms with Crippen molar-refractivity contribution in [3.8, 4) is 18.1 Å². The van der Waals surface area contributed by atoms with E-state index in [1.165, 1.54) is 0 Å². The molecule has 0 saturated carbocycles. The Hall–Kier alpha value is -1.95. The molecular weight excluding hydrogens is 190 g/mol. The zero-order chi connectivity index (χ0) is 10.8. The van der Waals surface area contributed by atoms with Crippen LogP contribution in [0.4, 0.5) is 5.69 Å². The second kappa shape index (κ2) is 3.66. The number of para-hydroxylation sites is 2. The van der Waals surface area contributed by atoms with Crippen LogP contribution in [0.1, 0.15) is 6.92 Å². The summed E-state index contributed by atoms with van der Waals surface area (Å²) in [6, 6.07) is 7.39. The van der Waals surface area contributed by atoms with Gasteiger partial charge in [-0.25, -0.2) is 0 Å². The number of rotatable bonds is 1. The third kappa shape index (κ3) is 1.55. The summed E-state index contributed by atoms with van der Waals surface area (Å²) in [4.78, 5) is 13.4. The zero-order valence-electron chi connectivity index (χ0n) is 8.43. The zero-order valence-corrected chi connectivity index (χ0v) is 8.43. The number of amides is 1. The average Bonchev–Trinajstić information content (AvgIpc) is 2.25. The normalized spacial score (nSPS) is 19.1. The first-order valence-electron chi connectivity index (χ1n) is 4.74. The molecule has 15 heavy (non-hydrogen) atoms. The van der Waals surface area contributed by atoms with E-state index >= 15 is 0 Å². The molecule has 3 nitrogen and oxygen atoms in total. The number of benzene rings is 1. The van der Waals surface area contributed by atoms with Gasteiger partial charge in [-0.05, 0) is 19.1 Å². The van der Waals surface area contributed by atoms with Crippen LogP contribution in [0.25, 0.3) is 0 Å². The van der Waals surface area contributed by atoms with Crippen LogP contribution in [0.2, 0.25) is 0 Å². The Morgan fingerprint density at radius 2 is 2.27 bits per heavy atom. The Morgan fingerprint density at radius 3 is 3.00 bits per heavy atom.